The summed E-state index contributed by atoms with van der Waals surface area (Å²) in [6, 6.07) is 9.34. The molecule has 1 aliphatic rings. The van der Waals surface area contributed by atoms with E-state index in [9.17, 15) is 22.8 Å². The maximum absolute atomic E-state index is 12.4. The first-order valence-corrected chi connectivity index (χ1v) is 9.86. The van der Waals surface area contributed by atoms with Crippen molar-refractivity contribution in [2.24, 2.45) is 5.73 Å². The first kappa shape index (κ1) is 23.6. The number of amides is 1. The molecule has 1 atom stereocenters. The predicted octanol–water partition coefficient (Wildman–Crippen LogP) is 2.96. The van der Waals surface area contributed by atoms with Gasteiger partial charge in [0.1, 0.15) is 13.2 Å². The number of Topliss-reactive ketones (excluding diaryl/α,β-unsaturated/α-hetero) is 1. The summed E-state index contributed by atoms with van der Waals surface area (Å²) in [5.74, 6) is -0.608. The molecule has 0 aliphatic carbocycles. The molecule has 0 radical (unpaired) electrons. The number of halogens is 3. The lowest BCUT2D eigenvalue weighted by atomic mass is 9.94. The highest BCUT2D eigenvalue weighted by Gasteiger charge is 2.29. The number of hydrogen-bond donors (Lipinski definition) is 2. The summed E-state index contributed by atoms with van der Waals surface area (Å²) in [5.41, 5.74) is 7.40. The highest BCUT2D eigenvalue weighted by atomic mass is 19.4. The summed E-state index contributed by atoms with van der Waals surface area (Å²) in [4.78, 5) is 23.5. The van der Waals surface area contributed by atoms with Gasteiger partial charge < -0.3 is 25.3 Å². The second-order valence-corrected chi connectivity index (χ2v) is 7.30. The predicted molar refractivity (Wildman–Crippen MR) is 109 cm³/mol. The van der Waals surface area contributed by atoms with Crippen LogP contribution in [0.3, 0.4) is 0 Å². The second kappa shape index (κ2) is 10.0. The van der Waals surface area contributed by atoms with E-state index in [0.717, 1.165) is 5.56 Å². The molecule has 172 valence electrons. The first-order valence-electron chi connectivity index (χ1n) is 9.86. The molecule has 1 unspecified atom stereocenters. The molecule has 10 heteroatoms. The van der Waals surface area contributed by atoms with Crippen LogP contribution in [-0.2, 0) is 4.74 Å². The number of nitrogens with two attached hydrogens (primary N) is 1. The Morgan fingerprint density at radius 1 is 1.19 bits per heavy atom. The Balaban J connectivity index is 1.54. The molecule has 1 amide bonds. The molecule has 0 spiro atoms. The van der Waals surface area contributed by atoms with Crippen LogP contribution >= 0.6 is 0 Å². The highest BCUT2D eigenvalue weighted by molar-refractivity contribution is 6.02. The number of ketones is 1. The third-order valence-electron chi connectivity index (χ3n) is 4.76. The topological polar surface area (TPSA) is 99.9 Å². The van der Waals surface area contributed by atoms with E-state index in [0.29, 0.717) is 24.2 Å². The summed E-state index contributed by atoms with van der Waals surface area (Å²) in [6.45, 7) is 1.19. The summed E-state index contributed by atoms with van der Waals surface area (Å²) in [7, 11) is 0. The number of ether oxygens (including phenoxy) is 3. The van der Waals surface area contributed by atoms with E-state index in [-0.39, 0.29) is 36.1 Å². The Morgan fingerprint density at radius 2 is 1.97 bits per heavy atom. The molecule has 2 aromatic carbocycles. The number of aryl methyl sites for hydroxylation is 1. The lowest BCUT2D eigenvalue weighted by Crippen LogP contribution is -2.32. The van der Waals surface area contributed by atoms with Gasteiger partial charge in [-0.3, -0.25) is 9.59 Å². The SMILES string of the molecule is Cc1ccc(OCC(F)(F)F)c(OCCNCC2OCC(=O)c3cc(C(N)=O)ccc32)c1. The third kappa shape index (κ3) is 6.21. The number of nitrogens with one attached hydrogen (secondary N) is 1. The van der Waals surface area contributed by atoms with E-state index in [1.807, 2.05) is 0 Å². The van der Waals surface area contributed by atoms with Gasteiger partial charge in [-0.1, -0.05) is 12.1 Å². The molecule has 32 heavy (non-hydrogen) atoms. The maximum Gasteiger partial charge on any atom is 0.422 e. The minimum absolute atomic E-state index is 0.0150. The van der Waals surface area contributed by atoms with Crippen LogP contribution in [0.1, 0.15) is 37.9 Å². The van der Waals surface area contributed by atoms with Crippen molar-refractivity contribution in [3.05, 3.63) is 58.7 Å². The molecule has 3 rings (SSSR count). The van der Waals surface area contributed by atoms with E-state index in [4.69, 9.17) is 19.9 Å². The fourth-order valence-corrected chi connectivity index (χ4v) is 3.22. The van der Waals surface area contributed by atoms with Crippen molar-refractivity contribution in [3.63, 3.8) is 0 Å². The van der Waals surface area contributed by atoms with Crippen LogP contribution in [0.4, 0.5) is 13.2 Å². The van der Waals surface area contributed by atoms with Crippen molar-refractivity contribution in [2.75, 3.05) is 32.9 Å². The van der Waals surface area contributed by atoms with Crippen molar-refractivity contribution < 1.29 is 37.0 Å². The largest absolute Gasteiger partial charge is 0.488 e. The Hall–Kier alpha value is -3.11. The fraction of sp³-hybridized carbons (Fsp3) is 0.364. The summed E-state index contributed by atoms with van der Waals surface area (Å²) < 4.78 is 53.3. The number of alkyl halides is 3. The Bertz CT molecular complexity index is 994. The van der Waals surface area contributed by atoms with Gasteiger partial charge in [0.05, 0.1) is 6.10 Å². The first-order chi connectivity index (χ1) is 15.1. The molecule has 2 aromatic rings. The van der Waals surface area contributed by atoms with Gasteiger partial charge in [0.25, 0.3) is 0 Å². The third-order valence-corrected chi connectivity index (χ3v) is 4.76. The van der Waals surface area contributed by atoms with Gasteiger partial charge in [-0.2, -0.15) is 13.2 Å². The van der Waals surface area contributed by atoms with Crippen molar-refractivity contribution >= 4 is 11.7 Å². The Labute approximate surface area is 182 Å². The summed E-state index contributed by atoms with van der Waals surface area (Å²) >= 11 is 0. The minimum Gasteiger partial charge on any atom is -0.488 e. The molecule has 3 N–H and O–H groups in total. The average Bonchev–Trinajstić information content (AvgIpc) is 2.73. The van der Waals surface area contributed by atoms with Crippen molar-refractivity contribution in [3.8, 4) is 11.5 Å². The molecule has 0 aromatic heterocycles. The minimum atomic E-state index is -4.44. The van der Waals surface area contributed by atoms with Crippen LogP contribution in [0, 0.1) is 6.92 Å². The number of primary amides is 1. The number of hydrogen-bond acceptors (Lipinski definition) is 6. The van der Waals surface area contributed by atoms with Crippen molar-refractivity contribution in [1.29, 1.82) is 0 Å². The van der Waals surface area contributed by atoms with Crippen LogP contribution in [0.5, 0.6) is 11.5 Å². The van der Waals surface area contributed by atoms with Gasteiger partial charge in [-0.15, -0.1) is 0 Å². The van der Waals surface area contributed by atoms with Gasteiger partial charge >= 0.3 is 6.18 Å². The smallest absolute Gasteiger partial charge is 0.422 e. The molecule has 1 aliphatic heterocycles. The summed E-state index contributed by atoms with van der Waals surface area (Å²) in [6.07, 6.45) is -4.85. The molecule has 0 saturated carbocycles. The Morgan fingerprint density at radius 3 is 2.69 bits per heavy atom. The van der Waals surface area contributed by atoms with E-state index in [1.54, 1.807) is 31.2 Å². The molecule has 0 bridgehead atoms. The quantitative estimate of drug-likeness (QED) is 0.568. The maximum atomic E-state index is 12.4. The van der Waals surface area contributed by atoms with E-state index in [2.05, 4.69) is 5.32 Å². The molecular weight excluding hydrogens is 429 g/mol. The van der Waals surface area contributed by atoms with Crippen molar-refractivity contribution in [1.82, 2.24) is 5.32 Å². The van der Waals surface area contributed by atoms with E-state index in [1.165, 1.54) is 12.1 Å². The van der Waals surface area contributed by atoms with Gasteiger partial charge in [0.2, 0.25) is 5.91 Å². The lowest BCUT2D eigenvalue weighted by molar-refractivity contribution is -0.153. The fourth-order valence-electron chi connectivity index (χ4n) is 3.22. The molecular formula is C22H23F3N2O5. The molecule has 0 saturated heterocycles. The van der Waals surface area contributed by atoms with Crippen LogP contribution in [0.25, 0.3) is 0 Å². The van der Waals surface area contributed by atoms with Crippen LogP contribution < -0.4 is 20.5 Å². The zero-order valence-electron chi connectivity index (χ0n) is 17.3. The summed E-state index contributed by atoms with van der Waals surface area (Å²) in [5, 5.41) is 3.14. The van der Waals surface area contributed by atoms with Gasteiger partial charge in [-0.25, -0.2) is 0 Å². The number of benzene rings is 2. The normalized spacial score (nSPS) is 15.9. The number of carbonyl (C=O) groups is 2. The van der Waals surface area contributed by atoms with Crippen LogP contribution in [0.15, 0.2) is 36.4 Å². The second-order valence-electron chi connectivity index (χ2n) is 7.30. The standard InChI is InChI=1S/C22H23F3N2O5/c1-13-2-5-18(32-12-22(23,24)25)19(8-13)30-7-6-27-10-20-15-4-3-14(21(26)29)9-16(15)17(28)11-31-20/h2-5,8-9,20,27H,6-7,10-12H2,1H3,(H2,26,29). The van der Waals surface area contributed by atoms with E-state index < -0.39 is 24.8 Å². The Kier molecular flexibility index (Phi) is 7.37. The monoisotopic (exact) mass is 452 g/mol. The van der Waals surface area contributed by atoms with E-state index >= 15 is 0 Å². The number of fused-ring (bicyclic) bond motifs is 1. The molecule has 7 nitrogen and oxygen atoms in total. The van der Waals surface area contributed by atoms with Gasteiger partial charge in [0.15, 0.2) is 23.9 Å². The van der Waals surface area contributed by atoms with Gasteiger partial charge in [-0.05, 0) is 42.3 Å². The zero-order valence-corrected chi connectivity index (χ0v) is 17.3. The number of carbonyl (C=O) groups excluding carboxylic acids is 2. The lowest BCUT2D eigenvalue weighted by Gasteiger charge is -2.26. The van der Waals surface area contributed by atoms with Crippen molar-refractivity contribution in [2.45, 2.75) is 19.2 Å². The molecule has 1 heterocycles. The van der Waals surface area contributed by atoms with Gasteiger partial charge in [0, 0.05) is 24.2 Å². The zero-order chi connectivity index (χ0) is 23.3. The van der Waals surface area contributed by atoms with Crippen LogP contribution in [0.2, 0.25) is 0 Å². The number of rotatable bonds is 9. The van der Waals surface area contributed by atoms with Crippen LogP contribution in [-0.4, -0.2) is 50.8 Å². The molecule has 0 fully saturated rings. The average molecular weight is 452 g/mol. The highest BCUT2D eigenvalue weighted by Crippen LogP contribution is 2.30.